The van der Waals surface area contributed by atoms with Crippen molar-refractivity contribution in [3.05, 3.63) is 30.0 Å². The van der Waals surface area contributed by atoms with Crippen LogP contribution in [0.3, 0.4) is 0 Å². The lowest BCUT2D eigenvalue weighted by Gasteiger charge is -2.22. The van der Waals surface area contributed by atoms with Gasteiger partial charge < -0.3 is 9.64 Å². The Morgan fingerprint density at radius 2 is 2.24 bits per heavy atom. The zero-order chi connectivity index (χ0) is 14.8. The van der Waals surface area contributed by atoms with Crippen LogP contribution in [0, 0.1) is 0 Å². The summed E-state index contributed by atoms with van der Waals surface area (Å²) >= 11 is 0. The van der Waals surface area contributed by atoms with Crippen LogP contribution in [-0.2, 0) is 9.53 Å². The smallest absolute Gasteiger partial charge is 0.328 e. The Labute approximate surface area is 122 Å². The molecule has 1 aromatic carbocycles. The number of carbonyl (C=O) groups excluding carboxylic acids is 2. The highest BCUT2D eigenvalue weighted by Gasteiger charge is 2.36. The molecule has 1 atom stereocenters. The van der Waals surface area contributed by atoms with Gasteiger partial charge in [-0.15, -0.1) is 0 Å². The average Bonchev–Trinajstić information content (AvgIpc) is 3.14. The van der Waals surface area contributed by atoms with Gasteiger partial charge in [0.2, 0.25) is 0 Å². The molecule has 1 N–H and O–H groups in total. The van der Waals surface area contributed by atoms with Crippen molar-refractivity contribution in [2.75, 3.05) is 13.2 Å². The fourth-order valence-electron chi connectivity index (χ4n) is 2.76. The number of aromatic amines is 1. The first kappa shape index (κ1) is 13.6. The van der Waals surface area contributed by atoms with E-state index in [0.29, 0.717) is 25.3 Å². The topological polar surface area (TPSA) is 75.3 Å². The quantitative estimate of drug-likeness (QED) is 0.872. The molecule has 0 aliphatic carbocycles. The van der Waals surface area contributed by atoms with E-state index in [1.807, 2.05) is 24.3 Å². The molecule has 0 radical (unpaired) electrons. The molecule has 3 rings (SSSR count). The SMILES string of the molecule is CCOC(=O)C1CCCN1C(=O)c1n[nH]c2ccccc12. The van der Waals surface area contributed by atoms with Crippen molar-refractivity contribution in [1.29, 1.82) is 0 Å². The van der Waals surface area contributed by atoms with Crippen LogP contribution in [0.1, 0.15) is 30.3 Å². The van der Waals surface area contributed by atoms with Crippen molar-refractivity contribution in [2.24, 2.45) is 0 Å². The van der Waals surface area contributed by atoms with Gasteiger partial charge in [-0.05, 0) is 25.8 Å². The lowest BCUT2D eigenvalue weighted by atomic mass is 10.2. The van der Waals surface area contributed by atoms with Gasteiger partial charge >= 0.3 is 5.97 Å². The standard InChI is InChI=1S/C15H17N3O3/c1-2-21-15(20)12-8-5-9-18(12)14(19)13-10-6-3-4-7-11(10)16-17-13/h3-4,6-7,12H,2,5,8-9H2,1H3,(H,16,17). The van der Waals surface area contributed by atoms with E-state index in [0.717, 1.165) is 17.3 Å². The number of amides is 1. The first-order chi connectivity index (χ1) is 10.2. The zero-order valence-corrected chi connectivity index (χ0v) is 11.8. The van der Waals surface area contributed by atoms with Crippen LogP contribution in [0.2, 0.25) is 0 Å². The van der Waals surface area contributed by atoms with Gasteiger partial charge in [-0.2, -0.15) is 5.10 Å². The highest BCUT2D eigenvalue weighted by molar-refractivity contribution is 6.05. The van der Waals surface area contributed by atoms with E-state index in [1.165, 1.54) is 0 Å². The Morgan fingerprint density at radius 1 is 1.43 bits per heavy atom. The number of esters is 1. The van der Waals surface area contributed by atoms with E-state index in [4.69, 9.17) is 4.74 Å². The maximum atomic E-state index is 12.7. The molecule has 1 aromatic heterocycles. The highest BCUT2D eigenvalue weighted by Crippen LogP contribution is 2.23. The third kappa shape index (κ3) is 2.37. The summed E-state index contributed by atoms with van der Waals surface area (Å²) in [6, 6.07) is 6.97. The monoisotopic (exact) mass is 287 g/mol. The lowest BCUT2D eigenvalue weighted by molar-refractivity contribution is -0.147. The highest BCUT2D eigenvalue weighted by atomic mass is 16.5. The molecule has 0 saturated carbocycles. The molecule has 1 aliphatic rings. The summed E-state index contributed by atoms with van der Waals surface area (Å²) in [4.78, 5) is 26.2. The number of rotatable bonds is 3. The van der Waals surface area contributed by atoms with Crippen LogP contribution in [-0.4, -0.2) is 46.2 Å². The van der Waals surface area contributed by atoms with Gasteiger partial charge in [-0.25, -0.2) is 4.79 Å². The second kappa shape index (κ2) is 5.55. The number of hydrogen-bond donors (Lipinski definition) is 1. The van der Waals surface area contributed by atoms with E-state index in [9.17, 15) is 9.59 Å². The number of aromatic nitrogens is 2. The molecule has 110 valence electrons. The van der Waals surface area contributed by atoms with E-state index >= 15 is 0 Å². The second-order valence-electron chi connectivity index (χ2n) is 5.03. The van der Waals surface area contributed by atoms with Gasteiger partial charge in [0, 0.05) is 11.9 Å². The minimum Gasteiger partial charge on any atom is -0.464 e. The summed E-state index contributed by atoms with van der Waals surface area (Å²) in [7, 11) is 0. The molecule has 6 nitrogen and oxygen atoms in total. The zero-order valence-electron chi connectivity index (χ0n) is 11.8. The number of benzene rings is 1. The summed E-state index contributed by atoms with van der Waals surface area (Å²) < 4.78 is 5.05. The normalized spacial score (nSPS) is 18.1. The molecule has 0 spiro atoms. The van der Waals surface area contributed by atoms with Gasteiger partial charge in [0.05, 0.1) is 12.1 Å². The number of nitrogens with zero attached hydrogens (tertiary/aromatic N) is 2. The van der Waals surface area contributed by atoms with E-state index in [-0.39, 0.29) is 11.9 Å². The van der Waals surface area contributed by atoms with Crippen molar-refractivity contribution in [3.8, 4) is 0 Å². The van der Waals surface area contributed by atoms with Gasteiger partial charge in [0.15, 0.2) is 5.69 Å². The maximum Gasteiger partial charge on any atom is 0.328 e. The van der Waals surface area contributed by atoms with E-state index in [1.54, 1.807) is 11.8 Å². The summed E-state index contributed by atoms with van der Waals surface area (Å²) in [5.41, 5.74) is 1.18. The largest absolute Gasteiger partial charge is 0.464 e. The molecule has 0 bridgehead atoms. The van der Waals surface area contributed by atoms with Crippen LogP contribution in [0.5, 0.6) is 0 Å². The predicted molar refractivity (Wildman–Crippen MR) is 76.8 cm³/mol. The molecular formula is C15H17N3O3. The van der Waals surface area contributed by atoms with E-state index in [2.05, 4.69) is 10.2 Å². The van der Waals surface area contributed by atoms with Crippen LogP contribution >= 0.6 is 0 Å². The number of carbonyl (C=O) groups is 2. The minimum atomic E-state index is -0.493. The second-order valence-corrected chi connectivity index (χ2v) is 5.03. The number of ether oxygens (including phenoxy) is 1. The van der Waals surface area contributed by atoms with E-state index < -0.39 is 6.04 Å². The average molecular weight is 287 g/mol. The number of para-hydroxylation sites is 1. The number of hydrogen-bond acceptors (Lipinski definition) is 4. The first-order valence-electron chi connectivity index (χ1n) is 7.13. The van der Waals surface area contributed by atoms with Crippen molar-refractivity contribution < 1.29 is 14.3 Å². The molecule has 1 amide bonds. The molecule has 1 saturated heterocycles. The van der Waals surface area contributed by atoms with Gasteiger partial charge in [0.1, 0.15) is 6.04 Å². The number of nitrogens with one attached hydrogen (secondary N) is 1. The van der Waals surface area contributed by atoms with Crippen LogP contribution in [0.25, 0.3) is 10.9 Å². The van der Waals surface area contributed by atoms with Gasteiger partial charge in [0.25, 0.3) is 5.91 Å². The number of H-pyrrole nitrogens is 1. The molecule has 2 aromatic rings. The Kier molecular flexibility index (Phi) is 3.60. The van der Waals surface area contributed by atoms with Crippen LogP contribution < -0.4 is 0 Å². The van der Waals surface area contributed by atoms with Crippen LogP contribution in [0.15, 0.2) is 24.3 Å². The summed E-state index contributed by atoms with van der Waals surface area (Å²) in [5.74, 6) is -0.550. The summed E-state index contributed by atoms with van der Waals surface area (Å²) in [5, 5.41) is 7.73. The minimum absolute atomic E-state index is 0.219. The Morgan fingerprint density at radius 3 is 3.05 bits per heavy atom. The van der Waals surface area contributed by atoms with Crippen molar-refractivity contribution in [3.63, 3.8) is 0 Å². The van der Waals surface area contributed by atoms with Crippen molar-refractivity contribution >= 4 is 22.8 Å². The third-order valence-electron chi connectivity index (χ3n) is 3.75. The Balaban J connectivity index is 1.89. The molecule has 6 heteroatoms. The van der Waals surface area contributed by atoms with Gasteiger partial charge in [-0.3, -0.25) is 9.89 Å². The Bertz CT molecular complexity index is 680. The predicted octanol–water partition coefficient (Wildman–Crippen LogP) is 1.73. The molecule has 2 heterocycles. The van der Waals surface area contributed by atoms with Crippen LogP contribution in [0.4, 0.5) is 0 Å². The third-order valence-corrected chi connectivity index (χ3v) is 3.75. The molecular weight excluding hydrogens is 270 g/mol. The molecule has 1 fully saturated rings. The fourth-order valence-corrected chi connectivity index (χ4v) is 2.76. The fraction of sp³-hybridized carbons (Fsp3) is 0.400. The molecule has 1 aliphatic heterocycles. The maximum absolute atomic E-state index is 12.7. The number of fused-ring (bicyclic) bond motifs is 1. The van der Waals surface area contributed by atoms with Gasteiger partial charge in [-0.1, -0.05) is 18.2 Å². The molecule has 1 unspecified atom stereocenters. The number of likely N-dealkylation sites (tertiary alicyclic amines) is 1. The first-order valence-corrected chi connectivity index (χ1v) is 7.13. The lowest BCUT2D eigenvalue weighted by Crippen LogP contribution is -2.41. The van der Waals surface area contributed by atoms with Crippen molar-refractivity contribution in [2.45, 2.75) is 25.8 Å². The van der Waals surface area contributed by atoms with Crippen molar-refractivity contribution in [1.82, 2.24) is 15.1 Å². The summed E-state index contributed by atoms with van der Waals surface area (Å²) in [6.07, 6.45) is 1.45. The Hall–Kier alpha value is -2.37. The molecule has 21 heavy (non-hydrogen) atoms. The summed E-state index contributed by atoms with van der Waals surface area (Å²) in [6.45, 7) is 2.65.